The number of benzene rings is 2. The fourth-order valence-corrected chi connectivity index (χ4v) is 4.67. The fourth-order valence-electron chi connectivity index (χ4n) is 4.67. The number of fused-ring (bicyclic) bond motifs is 1. The third-order valence-electron chi connectivity index (χ3n) is 6.49. The van der Waals surface area contributed by atoms with Crippen molar-refractivity contribution in [1.29, 1.82) is 0 Å². The summed E-state index contributed by atoms with van der Waals surface area (Å²) in [5, 5.41) is 0.578. The first kappa shape index (κ1) is 26.2. The lowest BCUT2D eigenvalue weighted by Crippen LogP contribution is -2.41. The van der Waals surface area contributed by atoms with Gasteiger partial charge in [-0.3, -0.25) is 4.79 Å². The number of hydrogen-bond donors (Lipinski definition) is 0. The highest BCUT2D eigenvalue weighted by atomic mass is 16.5. The van der Waals surface area contributed by atoms with Gasteiger partial charge in [0.2, 0.25) is 11.7 Å². The topological polar surface area (TPSA) is 106 Å². The van der Waals surface area contributed by atoms with E-state index in [-0.39, 0.29) is 17.9 Å². The number of methoxy groups -OCH3 is 5. The van der Waals surface area contributed by atoms with Gasteiger partial charge in [0.25, 0.3) is 0 Å². The third kappa shape index (κ3) is 5.15. The molecule has 10 nitrogen and oxygen atoms in total. The van der Waals surface area contributed by atoms with Gasteiger partial charge in [-0.25, -0.2) is 4.79 Å². The van der Waals surface area contributed by atoms with E-state index in [0.29, 0.717) is 71.6 Å². The molecule has 1 aliphatic rings. The van der Waals surface area contributed by atoms with Gasteiger partial charge in [-0.15, -0.1) is 0 Å². The molecule has 3 aromatic rings. The van der Waals surface area contributed by atoms with Crippen molar-refractivity contribution in [3.8, 4) is 28.7 Å². The summed E-state index contributed by atoms with van der Waals surface area (Å²) in [6.07, 6.45) is 0.0645. The Hall–Kier alpha value is -3.92. The molecule has 0 aliphatic carbocycles. The zero-order valence-corrected chi connectivity index (χ0v) is 21.6. The number of amides is 1. The Balaban J connectivity index is 1.99. The fraction of sp³-hybridized carbons (Fsp3) is 0.407. The van der Waals surface area contributed by atoms with E-state index in [0.717, 1.165) is 0 Å². The van der Waals surface area contributed by atoms with Crippen molar-refractivity contribution >= 4 is 16.9 Å². The smallest absolute Gasteiger partial charge is 0.336 e. The zero-order chi connectivity index (χ0) is 26.5. The Morgan fingerprint density at radius 1 is 0.865 bits per heavy atom. The summed E-state index contributed by atoms with van der Waals surface area (Å²) in [6, 6.07) is 8.26. The van der Waals surface area contributed by atoms with Crippen LogP contribution in [0.2, 0.25) is 0 Å². The molecule has 0 spiro atoms. The van der Waals surface area contributed by atoms with E-state index in [1.54, 1.807) is 29.2 Å². The molecule has 4 rings (SSSR count). The Kier molecular flexibility index (Phi) is 8.08. The number of nitrogens with zero attached hydrogens (tertiary/aromatic N) is 1. The van der Waals surface area contributed by atoms with Crippen molar-refractivity contribution in [2.75, 3.05) is 61.9 Å². The maximum atomic E-state index is 13.5. The lowest BCUT2D eigenvalue weighted by atomic mass is 9.85. The van der Waals surface area contributed by atoms with E-state index >= 15 is 0 Å². The molecule has 1 amide bonds. The molecule has 1 saturated heterocycles. The Labute approximate surface area is 214 Å². The van der Waals surface area contributed by atoms with Crippen molar-refractivity contribution in [3.63, 3.8) is 0 Å². The highest BCUT2D eigenvalue weighted by molar-refractivity contribution is 5.90. The van der Waals surface area contributed by atoms with E-state index in [1.165, 1.54) is 41.6 Å². The Morgan fingerprint density at radius 2 is 1.49 bits per heavy atom. The van der Waals surface area contributed by atoms with Crippen molar-refractivity contribution in [2.24, 2.45) is 0 Å². The van der Waals surface area contributed by atoms with E-state index in [1.807, 2.05) is 0 Å². The summed E-state index contributed by atoms with van der Waals surface area (Å²) < 4.78 is 39.1. The predicted octanol–water partition coefficient (Wildman–Crippen LogP) is 3.22. The van der Waals surface area contributed by atoms with Crippen LogP contribution in [0.15, 0.2) is 39.5 Å². The first-order valence-electron chi connectivity index (χ1n) is 11.8. The Morgan fingerprint density at radius 3 is 2.05 bits per heavy atom. The van der Waals surface area contributed by atoms with E-state index in [4.69, 9.17) is 32.8 Å². The van der Waals surface area contributed by atoms with E-state index in [9.17, 15) is 9.59 Å². The first-order valence-corrected chi connectivity index (χ1v) is 11.8. The Bertz CT molecular complexity index is 1300. The molecular formula is C27H31NO9. The number of ether oxygens (including phenoxy) is 6. The average molecular weight is 514 g/mol. The van der Waals surface area contributed by atoms with Crippen molar-refractivity contribution in [2.45, 2.75) is 12.3 Å². The van der Waals surface area contributed by atoms with Crippen LogP contribution in [0.5, 0.6) is 28.7 Å². The standard InChI is InChI=1S/C27H31NO9/c1-31-19-15-20(32-2)25(26-17(19)6-7-24(30)37-26)18(14-23(29)28-8-10-36-11-9-28)16-12-21(33-3)27(35-5)22(13-16)34-4/h6-7,12-13,15,18H,8-11,14H2,1-5H3/t18-/m1/s1. The summed E-state index contributed by atoms with van der Waals surface area (Å²) in [6.45, 7) is 1.95. The van der Waals surface area contributed by atoms with Gasteiger partial charge in [0.1, 0.15) is 17.1 Å². The molecule has 198 valence electrons. The highest BCUT2D eigenvalue weighted by Crippen LogP contribution is 2.47. The number of hydrogen-bond acceptors (Lipinski definition) is 9. The average Bonchev–Trinajstić information content (AvgIpc) is 2.94. The molecule has 0 radical (unpaired) electrons. The van der Waals surface area contributed by atoms with Crippen LogP contribution in [-0.4, -0.2) is 72.7 Å². The van der Waals surface area contributed by atoms with Gasteiger partial charge in [0, 0.05) is 43.1 Å². The van der Waals surface area contributed by atoms with Crippen molar-refractivity contribution in [3.05, 3.63) is 51.9 Å². The van der Waals surface area contributed by atoms with Gasteiger partial charge >= 0.3 is 5.63 Å². The molecule has 1 aliphatic heterocycles. The normalized spacial score (nSPS) is 14.2. The molecule has 1 fully saturated rings. The SMILES string of the molecule is COc1cc([C@@H](CC(=O)N2CCOCC2)c2c(OC)cc(OC)c3ccc(=O)oc23)cc(OC)c1OC. The molecule has 1 atom stereocenters. The second-order valence-corrected chi connectivity index (χ2v) is 8.40. The molecule has 0 unspecified atom stereocenters. The zero-order valence-electron chi connectivity index (χ0n) is 21.6. The van der Waals surface area contributed by atoms with Gasteiger partial charge in [-0.05, 0) is 23.8 Å². The number of morpholine rings is 1. The van der Waals surface area contributed by atoms with Gasteiger partial charge in [-0.2, -0.15) is 0 Å². The molecule has 2 aromatic carbocycles. The molecule has 2 heterocycles. The molecule has 37 heavy (non-hydrogen) atoms. The molecule has 10 heteroatoms. The minimum absolute atomic E-state index is 0.0645. The van der Waals surface area contributed by atoms with Crippen LogP contribution >= 0.6 is 0 Å². The highest BCUT2D eigenvalue weighted by Gasteiger charge is 2.31. The quantitative estimate of drug-likeness (QED) is 0.399. The molecule has 0 saturated carbocycles. The lowest BCUT2D eigenvalue weighted by molar-refractivity contribution is -0.135. The molecule has 0 N–H and O–H groups in total. The number of carbonyl (C=O) groups excluding carboxylic acids is 1. The summed E-state index contributed by atoms with van der Waals surface area (Å²) in [4.78, 5) is 27.7. The van der Waals surface area contributed by atoms with Crippen LogP contribution in [0.25, 0.3) is 11.0 Å². The largest absolute Gasteiger partial charge is 0.496 e. The van der Waals surface area contributed by atoms with Gasteiger partial charge in [0.05, 0.1) is 54.1 Å². The number of rotatable bonds is 9. The predicted molar refractivity (Wildman–Crippen MR) is 136 cm³/mol. The minimum Gasteiger partial charge on any atom is -0.496 e. The van der Waals surface area contributed by atoms with Crippen LogP contribution in [0, 0.1) is 0 Å². The minimum atomic E-state index is -0.599. The van der Waals surface area contributed by atoms with Crippen LogP contribution in [0.1, 0.15) is 23.5 Å². The van der Waals surface area contributed by atoms with Crippen LogP contribution in [0.3, 0.4) is 0 Å². The maximum Gasteiger partial charge on any atom is 0.336 e. The first-order chi connectivity index (χ1) is 17.9. The maximum absolute atomic E-state index is 13.5. The summed E-state index contributed by atoms with van der Waals surface area (Å²) in [7, 11) is 7.61. The van der Waals surface area contributed by atoms with Gasteiger partial charge in [0.15, 0.2) is 11.5 Å². The van der Waals surface area contributed by atoms with Crippen LogP contribution in [0.4, 0.5) is 0 Å². The summed E-state index contributed by atoms with van der Waals surface area (Å²) in [5.41, 5.74) is 0.962. The third-order valence-corrected chi connectivity index (χ3v) is 6.49. The van der Waals surface area contributed by atoms with E-state index in [2.05, 4.69) is 0 Å². The lowest BCUT2D eigenvalue weighted by Gasteiger charge is -2.29. The number of carbonyl (C=O) groups is 1. The monoisotopic (exact) mass is 513 g/mol. The van der Waals surface area contributed by atoms with Crippen molar-refractivity contribution in [1.82, 2.24) is 4.90 Å². The molecule has 1 aromatic heterocycles. The van der Waals surface area contributed by atoms with E-state index < -0.39 is 11.5 Å². The second-order valence-electron chi connectivity index (χ2n) is 8.40. The van der Waals surface area contributed by atoms with Gasteiger partial charge in [-0.1, -0.05) is 0 Å². The summed E-state index contributed by atoms with van der Waals surface area (Å²) >= 11 is 0. The second kappa shape index (κ2) is 11.4. The van der Waals surface area contributed by atoms with Crippen LogP contribution in [-0.2, 0) is 9.53 Å². The summed E-state index contributed by atoms with van der Waals surface area (Å²) in [5.74, 6) is 1.49. The molecular weight excluding hydrogens is 482 g/mol. The van der Waals surface area contributed by atoms with Gasteiger partial charge < -0.3 is 37.7 Å². The van der Waals surface area contributed by atoms with Crippen molar-refractivity contribution < 1.29 is 37.6 Å². The molecule has 0 bridgehead atoms. The van der Waals surface area contributed by atoms with Crippen LogP contribution < -0.4 is 29.3 Å².